The molecule has 0 aliphatic rings. The number of aliphatic hydroxyl groups is 1. The zero-order chi connectivity index (χ0) is 9.68. The largest absolute Gasteiger partial charge is 0.399 e. The summed E-state index contributed by atoms with van der Waals surface area (Å²) in [6.45, 7) is 0.149. The van der Waals surface area contributed by atoms with Crippen molar-refractivity contribution in [3.8, 4) is 0 Å². The van der Waals surface area contributed by atoms with Crippen LogP contribution in [0.25, 0.3) is 6.08 Å². The Kier molecular flexibility index (Phi) is 3.80. The Morgan fingerprint density at radius 2 is 2.23 bits per heavy atom. The molecule has 3 heteroatoms. The highest BCUT2D eigenvalue weighted by atomic mass is 35.5. The van der Waals surface area contributed by atoms with Crippen molar-refractivity contribution in [2.75, 3.05) is 12.3 Å². The molecule has 1 rings (SSSR count). The summed E-state index contributed by atoms with van der Waals surface area (Å²) in [4.78, 5) is 0. The van der Waals surface area contributed by atoms with Gasteiger partial charge >= 0.3 is 0 Å². The maximum Gasteiger partial charge on any atom is 0.0479 e. The lowest BCUT2D eigenvalue weighted by Gasteiger charge is -1.99. The maximum atomic E-state index is 8.56. The van der Waals surface area contributed by atoms with E-state index >= 15 is 0 Å². The third kappa shape index (κ3) is 3.09. The second kappa shape index (κ2) is 4.90. The van der Waals surface area contributed by atoms with Crippen LogP contribution in [0.3, 0.4) is 0 Å². The molecule has 0 atom stereocenters. The average Bonchev–Trinajstić information content (AvgIpc) is 2.11. The Morgan fingerprint density at radius 3 is 2.92 bits per heavy atom. The lowest BCUT2D eigenvalue weighted by Crippen LogP contribution is -1.85. The van der Waals surface area contributed by atoms with Crippen molar-refractivity contribution in [1.29, 1.82) is 0 Å². The number of hydrogen-bond acceptors (Lipinski definition) is 2. The van der Waals surface area contributed by atoms with Crippen molar-refractivity contribution >= 4 is 23.4 Å². The molecule has 0 aromatic heterocycles. The monoisotopic (exact) mass is 197 g/mol. The van der Waals surface area contributed by atoms with Crippen LogP contribution in [0, 0.1) is 0 Å². The molecule has 0 radical (unpaired) electrons. The molecule has 0 heterocycles. The normalized spacial score (nSPS) is 10.9. The number of anilines is 1. The first-order valence-corrected chi connectivity index (χ1v) is 4.44. The molecule has 2 nitrogen and oxygen atoms in total. The van der Waals surface area contributed by atoms with Crippen molar-refractivity contribution in [3.05, 3.63) is 34.9 Å². The van der Waals surface area contributed by atoms with Crippen LogP contribution in [-0.4, -0.2) is 11.7 Å². The van der Waals surface area contributed by atoms with E-state index in [2.05, 4.69) is 0 Å². The van der Waals surface area contributed by atoms with Gasteiger partial charge in [0.2, 0.25) is 0 Å². The van der Waals surface area contributed by atoms with Gasteiger partial charge < -0.3 is 10.8 Å². The fraction of sp³-hybridized carbons (Fsp3) is 0.200. The number of halogens is 1. The van der Waals surface area contributed by atoms with Crippen LogP contribution in [0.2, 0.25) is 5.02 Å². The summed E-state index contributed by atoms with van der Waals surface area (Å²) in [6.07, 6.45) is 4.35. The predicted octanol–water partition coefficient (Wildman–Crippen LogP) is 2.32. The maximum absolute atomic E-state index is 8.56. The van der Waals surface area contributed by atoms with Gasteiger partial charge in [-0.1, -0.05) is 23.8 Å². The Morgan fingerprint density at radius 1 is 1.46 bits per heavy atom. The van der Waals surface area contributed by atoms with Crippen molar-refractivity contribution in [3.63, 3.8) is 0 Å². The highest BCUT2D eigenvalue weighted by Gasteiger charge is 1.95. The molecule has 0 fully saturated rings. The molecule has 0 aliphatic carbocycles. The summed E-state index contributed by atoms with van der Waals surface area (Å²) >= 11 is 5.91. The minimum atomic E-state index is 0.149. The van der Waals surface area contributed by atoms with Gasteiger partial charge in [0.25, 0.3) is 0 Å². The van der Waals surface area contributed by atoms with Crippen molar-refractivity contribution < 1.29 is 5.11 Å². The molecule has 70 valence electrons. The zero-order valence-corrected chi connectivity index (χ0v) is 7.96. The molecule has 0 aliphatic heterocycles. The van der Waals surface area contributed by atoms with Gasteiger partial charge in [-0.3, -0.25) is 0 Å². The van der Waals surface area contributed by atoms with Crippen LogP contribution in [0.1, 0.15) is 12.0 Å². The van der Waals surface area contributed by atoms with Crippen LogP contribution in [0.5, 0.6) is 0 Å². The van der Waals surface area contributed by atoms with E-state index in [0.29, 0.717) is 17.1 Å². The van der Waals surface area contributed by atoms with Crippen LogP contribution in [0.4, 0.5) is 5.69 Å². The van der Waals surface area contributed by atoms with E-state index in [9.17, 15) is 0 Å². The number of hydrogen-bond donors (Lipinski definition) is 2. The second-order valence-corrected chi connectivity index (χ2v) is 3.10. The van der Waals surface area contributed by atoms with Crippen molar-refractivity contribution in [1.82, 2.24) is 0 Å². The van der Waals surface area contributed by atoms with Crippen molar-refractivity contribution in [2.24, 2.45) is 0 Å². The second-order valence-electron chi connectivity index (χ2n) is 2.70. The van der Waals surface area contributed by atoms with E-state index in [1.165, 1.54) is 0 Å². The predicted molar refractivity (Wildman–Crippen MR) is 56.6 cm³/mol. The molecular weight excluding hydrogens is 186 g/mol. The fourth-order valence-electron chi connectivity index (χ4n) is 0.975. The lowest BCUT2D eigenvalue weighted by molar-refractivity contribution is 0.303. The number of benzene rings is 1. The fourth-order valence-corrected chi connectivity index (χ4v) is 1.16. The number of rotatable bonds is 3. The summed E-state index contributed by atoms with van der Waals surface area (Å²) in [5.74, 6) is 0. The van der Waals surface area contributed by atoms with Gasteiger partial charge in [0.1, 0.15) is 0 Å². The van der Waals surface area contributed by atoms with Gasteiger partial charge in [0.15, 0.2) is 0 Å². The molecule has 0 saturated carbocycles. The Labute approximate surface area is 82.6 Å². The van der Waals surface area contributed by atoms with Gasteiger partial charge in [-0.25, -0.2) is 0 Å². The lowest BCUT2D eigenvalue weighted by atomic mass is 10.2. The molecule has 0 unspecified atom stereocenters. The van der Waals surface area contributed by atoms with E-state index in [1.54, 1.807) is 18.2 Å². The Balaban J connectivity index is 2.81. The quantitative estimate of drug-likeness (QED) is 0.731. The van der Waals surface area contributed by atoms with Gasteiger partial charge in [-0.05, 0) is 30.2 Å². The topological polar surface area (TPSA) is 46.2 Å². The van der Waals surface area contributed by atoms with Gasteiger partial charge in [-0.2, -0.15) is 0 Å². The van der Waals surface area contributed by atoms with E-state index in [0.717, 1.165) is 5.56 Å². The van der Waals surface area contributed by atoms with Crippen LogP contribution >= 0.6 is 11.6 Å². The highest BCUT2D eigenvalue weighted by Crippen LogP contribution is 2.20. The van der Waals surface area contributed by atoms with E-state index < -0.39 is 0 Å². The van der Waals surface area contributed by atoms with E-state index in [1.807, 2.05) is 12.2 Å². The zero-order valence-electron chi connectivity index (χ0n) is 7.20. The van der Waals surface area contributed by atoms with Crippen molar-refractivity contribution in [2.45, 2.75) is 6.42 Å². The minimum absolute atomic E-state index is 0.149. The average molecular weight is 198 g/mol. The minimum Gasteiger partial charge on any atom is -0.399 e. The smallest absolute Gasteiger partial charge is 0.0479 e. The third-order valence-corrected chi connectivity index (χ3v) is 1.96. The number of aliphatic hydroxyl groups excluding tert-OH is 1. The molecule has 13 heavy (non-hydrogen) atoms. The molecule has 1 aromatic carbocycles. The van der Waals surface area contributed by atoms with Gasteiger partial charge in [0, 0.05) is 17.3 Å². The summed E-state index contributed by atoms with van der Waals surface area (Å²) < 4.78 is 0. The molecule has 3 N–H and O–H groups in total. The molecule has 1 aromatic rings. The number of nitrogens with two attached hydrogens (primary N) is 1. The Hall–Kier alpha value is -0.990. The molecule has 0 amide bonds. The first kappa shape index (κ1) is 10.1. The van der Waals surface area contributed by atoms with Gasteiger partial charge in [-0.15, -0.1) is 0 Å². The molecule has 0 bridgehead atoms. The summed E-state index contributed by atoms with van der Waals surface area (Å²) in [5, 5.41) is 9.23. The SMILES string of the molecule is Nc1ccc(Cl)c(C=CCCO)c1. The molecule has 0 spiro atoms. The van der Waals surface area contributed by atoms with E-state index in [4.69, 9.17) is 22.4 Å². The first-order valence-electron chi connectivity index (χ1n) is 4.06. The van der Waals surface area contributed by atoms with E-state index in [-0.39, 0.29) is 6.61 Å². The van der Waals surface area contributed by atoms with Crippen LogP contribution in [-0.2, 0) is 0 Å². The first-order chi connectivity index (χ1) is 6.24. The summed E-state index contributed by atoms with van der Waals surface area (Å²) in [7, 11) is 0. The standard InChI is InChI=1S/C10H12ClNO/c11-10-5-4-9(12)7-8(10)3-1-2-6-13/h1,3-5,7,13H,2,6,12H2. The number of nitrogen functional groups attached to an aromatic ring is 1. The summed E-state index contributed by atoms with van der Waals surface area (Å²) in [5.41, 5.74) is 7.16. The van der Waals surface area contributed by atoms with Crippen LogP contribution in [0.15, 0.2) is 24.3 Å². The Bertz CT molecular complexity index is 310. The molecular formula is C10H12ClNO. The third-order valence-electron chi connectivity index (χ3n) is 1.61. The highest BCUT2D eigenvalue weighted by molar-refractivity contribution is 6.32. The van der Waals surface area contributed by atoms with Crippen LogP contribution < -0.4 is 5.73 Å². The molecule has 0 saturated heterocycles. The summed E-state index contributed by atoms with van der Waals surface area (Å²) in [6, 6.07) is 5.32. The van der Waals surface area contributed by atoms with Gasteiger partial charge in [0.05, 0.1) is 0 Å².